The van der Waals surface area contributed by atoms with Crippen LogP contribution < -0.4 is 0 Å². The Morgan fingerprint density at radius 1 is 1.67 bits per heavy atom. The van der Waals surface area contributed by atoms with Gasteiger partial charge in [0.1, 0.15) is 5.78 Å². The molecule has 0 heterocycles. The lowest BCUT2D eigenvalue weighted by Gasteiger charge is -2.02. The average Bonchev–Trinajstić information content (AvgIpc) is 2.12. The molecule has 0 saturated heterocycles. The smallest absolute Gasteiger partial charge is 0.140 e. The molecule has 0 aromatic heterocycles. The quantitative estimate of drug-likeness (QED) is 0.488. The third-order valence-electron chi connectivity index (χ3n) is 1.98. The van der Waals surface area contributed by atoms with Crippen LogP contribution in [-0.4, -0.2) is 5.78 Å². The molecule has 50 valence electrons. The first-order chi connectivity index (χ1) is 4.25. The van der Waals surface area contributed by atoms with E-state index in [-0.39, 0.29) is 5.92 Å². The second kappa shape index (κ2) is 2.34. The van der Waals surface area contributed by atoms with Crippen LogP contribution in [0.5, 0.6) is 0 Å². The molecule has 0 aliphatic heterocycles. The number of carbonyl (C=O) groups excluding carboxylic acids is 1. The van der Waals surface area contributed by atoms with Gasteiger partial charge in [-0.05, 0) is 12.8 Å². The minimum absolute atomic E-state index is 0.199. The van der Waals surface area contributed by atoms with Crippen molar-refractivity contribution in [3.05, 3.63) is 12.2 Å². The summed E-state index contributed by atoms with van der Waals surface area (Å²) in [5, 5.41) is 0. The molecule has 1 saturated carbocycles. The van der Waals surface area contributed by atoms with E-state index in [1.54, 1.807) is 0 Å². The van der Waals surface area contributed by atoms with Gasteiger partial charge in [0.25, 0.3) is 0 Å². The predicted molar refractivity (Wildman–Crippen MR) is 37.2 cm³/mol. The van der Waals surface area contributed by atoms with Crippen molar-refractivity contribution in [3.8, 4) is 0 Å². The van der Waals surface area contributed by atoms with Crippen LogP contribution in [0.15, 0.2) is 12.2 Å². The Bertz CT molecular complexity index is 131. The zero-order chi connectivity index (χ0) is 6.85. The molecule has 0 radical (unpaired) electrons. The van der Waals surface area contributed by atoms with Crippen molar-refractivity contribution >= 4 is 5.78 Å². The highest BCUT2D eigenvalue weighted by molar-refractivity contribution is 5.86. The van der Waals surface area contributed by atoms with Crippen LogP contribution in [0.25, 0.3) is 0 Å². The molecule has 0 aromatic carbocycles. The molecule has 1 aliphatic rings. The van der Waals surface area contributed by atoms with Crippen LogP contribution >= 0.6 is 0 Å². The maximum Gasteiger partial charge on any atom is 0.140 e. The van der Waals surface area contributed by atoms with Gasteiger partial charge in [-0.25, -0.2) is 0 Å². The van der Waals surface area contributed by atoms with Gasteiger partial charge < -0.3 is 0 Å². The Hall–Kier alpha value is -0.590. The lowest BCUT2D eigenvalue weighted by molar-refractivity contribution is -0.120. The van der Waals surface area contributed by atoms with E-state index in [1.807, 2.05) is 6.92 Å². The Kier molecular flexibility index (Phi) is 1.70. The first-order valence-corrected chi connectivity index (χ1v) is 3.46. The SMILES string of the molecule is C=C1CCC(=O)[C@@H]1CC. The fraction of sp³-hybridized carbons (Fsp3) is 0.625. The number of allylic oxidation sites excluding steroid dienone is 1. The first kappa shape index (κ1) is 6.53. The van der Waals surface area contributed by atoms with E-state index < -0.39 is 0 Å². The molecule has 0 N–H and O–H groups in total. The second-order valence-electron chi connectivity index (χ2n) is 2.59. The highest BCUT2D eigenvalue weighted by Crippen LogP contribution is 2.28. The highest BCUT2D eigenvalue weighted by Gasteiger charge is 2.25. The summed E-state index contributed by atoms with van der Waals surface area (Å²) in [5.74, 6) is 0.590. The van der Waals surface area contributed by atoms with Crippen LogP contribution in [0.1, 0.15) is 26.2 Å². The van der Waals surface area contributed by atoms with Crippen molar-refractivity contribution in [1.29, 1.82) is 0 Å². The van der Waals surface area contributed by atoms with Gasteiger partial charge >= 0.3 is 0 Å². The lowest BCUT2D eigenvalue weighted by atomic mass is 10.0. The number of ketones is 1. The van der Waals surface area contributed by atoms with E-state index in [0.29, 0.717) is 5.78 Å². The largest absolute Gasteiger partial charge is 0.299 e. The summed E-state index contributed by atoms with van der Waals surface area (Å²) in [4.78, 5) is 11.0. The van der Waals surface area contributed by atoms with Gasteiger partial charge in [-0.3, -0.25) is 4.79 Å². The zero-order valence-corrected chi connectivity index (χ0v) is 5.81. The first-order valence-electron chi connectivity index (χ1n) is 3.46. The molecule has 1 fully saturated rings. The van der Waals surface area contributed by atoms with Gasteiger partial charge in [-0.1, -0.05) is 19.1 Å². The maximum atomic E-state index is 11.0. The summed E-state index contributed by atoms with van der Waals surface area (Å²) in [6.45, 7) is 5.88. The molecule has 1 rings (SSSR count). The lowest BCUT2D eigenvalue weighted by Crippen LogP contribution is -2.04. The Balaban J connectivity index is 2.66. The summed E-state index contributed by atoms with van der Waals surface area (Å²) in [6.07, 6.45) is 2.60. The predicted octanol–water partition coefficient (Wildman–Crippen LogP) is 1.93. The Morgan fingerprint density at radius 3 is 2.56 bits per heavy atom. The fourth-order valence-corrected chi connectivity index (χ4v) is 1.38. The second-order valence-corrected chi connectivity index (χ2v) is 2.59. The number of Topliss-reactive ketones (excluding diaryl/α,β-unsaturated/α-hetero) is 1. The van der Waals surface area contributed by atoms with Crippen molar-refractivity contribution in [2.75, 3.05) is 0 Å². The van der Waals surface area contributed by atoms with Gasteiger partial charge in [-0.15, -0.1) is 0 Å². The van der Waals surface area contributed by atoms with Gasteiger partial charge in [0.2, 0.25) is 0 Å². The zero-order valence-electron chi connectivity index (χ0n) is 5.81. The summed E-state index contributed by atoms with van der Waals surface area (Å²) in [7, 11) is 0. The van der Waals surface area contributed by atoms with Crippen molar-refractivity contribution in [2.24, 2.45) is 5.92 Å². The molecule has 0 aromatic rings. The van der Waals surface area contributed by atoms with Crippen LogP contribution in [0, 0.1) is 5.92 Å². The van der Waals surface area contributed by atoms with E-state index in [1.165, 1.54) is 0 Å². The fourth-order valence-electron chi connectivity index (χ4n) is 1.38. The molecule has 1 aliphatic carbocycles. The summed E-state index contributed by atoms with van der Waals surface area (Å²) in [5.41, 5.74) is 1.14. The monoisotopic (exact) mass is 124 g/mol. The molecule has 9 heavy (non-hydrogen) atoms. The van der Waals surface area contributed by atoms with Crippen LogP contribution in [0.4, 0.5) is 0 Å². The van der Waals surface area contributed by atoms with Gasteiger partial charge in [0, 0.05) is 12.3 Å². The van der Waals surface area contributed by atoms with E-state index in [0.717, 1.165) is 24.8 Å². The number of rotatable bonds is 1. The van der Waals surface area contributed by atoms with Crippen molar-refractivity contribution in [2.45, 2.75) is 26.2 Å². The van der Waals surface area contributed by atoms with E-state index in [4.69, 9.17) is 0 Å². The van der Waals surface area contributed by atoms with E-state index in [2.05, 4.69) is 6.58 Å². The van der Waals surface area contributed by atoms with Gasteiger partial charge in [0.05, 0.1) is 0 Å². The molecule has 1 nitrogen and oxygen atoms in total. The molecular weight excluding hydrogens is 112 g/mol. The molecular formula is C8H12O. The molecule has 0 spiro atoms. The molecule has 0 unspecified atom stereocenters. The van der Waals surface area contributed by atoms with Crippen molar-refractivity contribution < 1.29 is 4.79 Å². The maximum absolute atomic E-state index is 11.0. The normalized spacial score (nSPS) is 27.4. The number of carbonyl (C=O) groups is 1. The Morgan fingerprint density at radius 2 is 2.33 bits per heavy atom. The number of hydrogen-bond donors (Lipinski definition) is 0. The van der Waals surface area contributed by atoms with Crippen molar-refractivity contribution in [1.82, 2.24) is 0 Å². The summed E-state index contributed by atoms with van der Waals surface area (Å²) >= 11 is 0. The molecule has 0 amide bonds. The van der Waals surface area contributed by atoms with Crippen LogP contribution in [-0.2, 0) is 4.79 Å². The standard InChI is InChI=1S/C8H12O/c1-3-7-6(2)4-5-8(7)9/h7H,2-5H2,1H3/t7-/m1/s1. The molecule has 1 heteroatoms. The Labute approximate surface area is 55.8 Å². The highest BCUT2D eigenvalue weighted by atomic mass is 16.1. The van der Waals surface area contributed by atoms with Crippen molar-refractivity contribution in [3.63, 3.8) is 0 Å². The number of hydrogen-bond acceptors (Lipinski definition) is 1. The molecule has 1 atom stereocenters. The van der Waals surface area contributed by atoms with Crippen LogP contribution in [0.3, 0.4) is 0 Å². The van der Waals surface area contributed by atoms with Gasteiger partial charge in [0.15, 0.2) is 0 Å². The van der Waals surface area contributed by atoms with E-state index >= 15 is 0 Å². The minimum atomic E-state index is 0.199. The van der Waals surface area contributed by atoms with Gasteiger partial charge in [-0.2, -0.15) is 0 Å². The topological polar surface area (TPSA) is 17.1 Å². The molecule has 0 bridgehead atoms. The van der Waals surface area contributed by atoms with E-state index in [9.17, 15) is 4.79 Å². The summed E-state index contributed by atoms with van der Waals surface area (Å²) < 4.78 is 0. The third kappa shape index (κ3) is 1.04. The summed E-state index contributed by atoms with van der Waals surface area (Å²) in [6, 6.07) is 0. The third-order valence-corrected chi connectivity index (χ3v) is 1.98. The van der Waals surface area contributed by atoms with Crippen LogP contribution in [0.2, 0.25) is 0 Å². The average molecular weight is 124 g/mol. The minimum Gasteiger partial charge on any atom is -0.299 e.